The number of benzene rings is 2. The molecule has 0 spiro atoms. The summed E-state index contributed by atoms with van der Waals surface area (Å²) < 4.78 is 0. The first-order valence-corrected chi connectivity index (χ1v) is 7.82. The van der Waals surface area contributed by atoms with Crippen molar-refractivity contribution < 1.29 is 14.4 Å². The number of ketones is 1. The van der Waals surface area contributed by atoms with E-state index in [1.165, 1.54) is 6.92 Å². The topological polar surface area (TPSA) is 75.3 Å². The van der Waals surface area contributed by atoms with Crippen LogP contribution in [0.4, 0.5) is 11.4 Å². The summed E-state index contributed by atoms with van der Waals surface area (Å²) in [5, 5.41) is 5.51. The fourth-order valence-electron chi connectivity index (χ4n) is 2.91. The molecule has 0 fully saturated rings. The van der Waals surface area contributed by atoms with E-state index in [4.69, 9.17) is 0 Å². The zero-order valence-corrected chi connectivity index (χ0v) is 13.3. The van der Waals surface area contributed by atoms with E-state index in [1.807, 2.05) is 24.3 Å². The number of carbonyl (C=O) groups excluding carboxylic acids is 3. The highest BCUT2D eigenvalue weighted by atomic mass is 16.2. The third kappa shape index (κ3) is 3.51. The predicted molar refractivity (Wildman–Crippen MR) is 92.0 cm³/mol. The molecule has 5 heteroatoms. The smallest absolute Gasteiger partial charge is 0.228 e. The molecule has 0 aliphatic heterocycles. The summed E-state index contributed by atoms with van der Waals surface area (Å²) in [6, 6.07) is 14.3. The van der Waals surface area contributed by atoms with Crippen LogP contribution in [0.25, 0.3) is 0 Å². The third-order valence-electron chi connectivity index (χ3n) is 4.06. The molecule has 122 valence electrons. The molecule has 3 rings (SSSR count). The number of rotatable bonds is 3. The number of fused-ring (bicyclic) bond motifs is 1. The van der Waals surface area contributed by atoms with Gasteiger partial charge in [-0.1, -0.05) is 24.3 Å². The van der Waals surface area contributed by atoms with Gasteiger partial charge in [0.15, 0.2) is 5.78 Å². The largest absolute Gasteiger partial charge is 0.326 e. The zero-order chi connectivity index (χ0) is 17.1. The van der Waals surface area contributed by atoms with Gasteiger partial charge >= 0.3 is 0 Å². The number of hydrogen-bond acceptors (Lipinski definition) is 3. The van der Waals surface area contributed by atoms with Crippen molar-refractivity contribution in [1.29, 1.82) is 0 Å². The Morgan fingerprint density at radius 1 is 0.917 bits per heavy atom. The maximum absolute atomic E-state index is 12.5. The third-order valence-corrected chi connectivity index (χ3v) is 4.06. The molecule has 2 amide bonds. The van der Waals surface area contributed by atoms with E-state index < -0.39 is 0 Å². The van der Waals surface area contributed by atoms with Crippen molar-refractivity contribution in [2.24, 2.45) is 5.92 Å². The van der Waals surface area contributed by atoms with Gasteiger partial charge in [0.1, 0.15) is 0 Å². The first kappa shape index (κ1) is 15.9. The predicted octanol–water partition coefficient (Wildman–Crippen LogP) is 3.03. The van der Waals surface area contributed by atoms with Crippen molar-refractivity contribution >= 4 is 29.0 Å². The van der Waals surface area contributed by atoms with Gasteiger partial charge in [-0.25, -0.2) is 0 Å². The van der Waals surface area contributed by atoms with Crippen LogP contribution in [-0.4, -0.2) is 17.6 Å². The molecule has 1 aliphatic carbocycles. The normalized spacial score (nSPS) is 16.2. The van der Waals surface area contributed by atoms with E-state index in [9.17, 15) is 14.4 Å². The van der Waals surface area contributed by atoms with Crippen LogP contribution in [0.1, 0.15) is 29.3 Å². The van der Waals surface area contributed by atoms with Crippen LogP contribution in [0.15, 0.2) is 48.5 Å². The Kier molecular flexibility index (Phi) is 4.42. The highest BCUT2D eigenvalue weighted by Gasteiger charge is 2.29. The first-order chi connectivity index (χ1) is 11.5. The number of hydrogen-bond donors (Lipinski definition) is 2. The van der Waals surface area contributed by atoms with E-state index in [-0.39, 0.29) is 29.9 Å². The Balaban J connectivity index is 1.67. The molecule has 0 saturated heterocycles. The first-order valence-electron chi connectivity index (χ1n) is 7.82. The summed E-state index contributed by atoms with van der Waals surface area (Å²) in [6.45, 7) is 1.44. The Bertz CT molecular complexity index is 797. The van der Waals surface area contributed by atoms with Crippen molar-refractivity contribution in [2.45, 2.75) is 19.8 Å². The summed E-state index contributed by atoms with van der Waals surface area (Å²) >= 11 is 0. The summed E-state index contributed by atoms with van der Waals surface area (Å²) in [7, 11) is 0. The molecule has 2 N–H and O–H groups in total. The molecule has 0 heterocycles. The van der Waals surface area contributed by atoms with Gasteiger partial charge < -0.3 is 10.6 Å². The average Bonchev–Trinajstić information content (AvgIpc) is 2.56. The van der Waals surface area contributed by atoms with Gasteiger partial charge in [-0.05, 0) is 36.2 Å². The summed E-state index contributed by atoms with van der Waals surface area (Å²) in [5.74, 6) is -0.656. The zero-order valence-electron chi connectivity index (χ0n) is 13.3. The van der Waals surface area contributed by atoms with E-state index in [0.717, 1.165) is 11.1 Å². The highest BCUT2D eigenvalue weighted by Crippen LogP contribution is 2.26. The molecule has 0 aromatic heterocycles. The van der Waals surface area contributed by atoms with Gasteiger partial charge in [0.05, 0.1) is 0 Å². The molecule has 1 unspecified atom stereocenters. The number of anilines is 2. The van der Waals surface area contributed by atoms with Crippen LogP contribution in [0.3, 0.4) is 0 Å². The minimum absolute atomic E-state index is 0.0120. The summed E-state index contributed by atoms with van der Waals surface area (Å²) in [5.41, 5.74) is 2.96. The quantitative estimate of drug-likeness (QED) is 0.912. The molecule has 2 aromatic rings. The average molecular weight is 322 g/mol. The number of carbonyl (C=O) groups is 3. The maximum Gasteiger partial charge on any atom is 0.228 e. The minimum atomic E-state index is -0.359. The molecular formula is C19H18N2O3. The maximum atomic E-state index is 12.5. The van der Waals surface area contributed by atoms with Crippen molar-refractivity contribution in [3.63, 3.8) is 0 Å². The van der Waals surface area contributed by atoms with Gasteiger partial charge in [-0.15, -0.1) is 0 Å². The summed E-state index contributed by atoms with van der Waals surface area (Å²) in [6.07, 6.45) is 0.796. The van der Waals surface area contributed by atoms with Crippen molar-refractivity contribution in [3.05, 3.63) is 59.7 Å². The highest BCUT2D eigenvalue weighted by molar-refractivity contribution is 6.03. The van der Waals surface area contributed by atoms with Crippen molar-refractivity contribution in [1.82, 2.24) is 0 Å². The Morgan fingerprint density at radius 2 is 1.54 bits per heavy atom. The van der Waals surface area contributed by atoms with E-state index in [2.05, 4.69) is 10.6 Å². The van der Waals surface area contributed by atoms with Crippen LogP contribution < -0.4 is 10.6 Å². The van der Waals surface area contributed by atoms with Crippen LogP contribution in [-0.2, 0) is 16.0 Å². The van der Waals surface area contributed by atoms with Crippen molar-refractivity contribution in [2.75, 3.05) is 10.6 Å². The number of nitrogens with one attached hydrogen (secondary N) is 2. The lowest BCUT2D eigenvalue weighted by Gasteiger charge is -2.22. The van der Waals surface area contributed by atoms with Gasteiger partial charge in [-0.2, -0.15) is 0 Å². The second kappa shape index (κ2) is 6.66. The van der Waals surface area contributed by atoms with E-state index in [0.29, 0.717) is 17.8 Å². The monoisotopic (exact) mass is 322 g/mol. The van der Waals surface area contributed by atoms with E-state index >= 15 is 0 Å². The lowest BCUT2D eigenvalue weighted by molar-refractivity contribution is -0.120. The van der Waals surface area contributed by atoms with Crippen LogP contribution in [0, 0.1) is 5.92 Å². The molecule has 1 aliphatic rings. The molecule has 24 heavy (non-hydrogen) atoms. The fourth-order valence-corrected chi connectivity index (χ4v) is 2.91. The van der Waals surface area contributed by atoms with Gasteiger partial charge in [0.25, 0.3) is 0 Å². The van der Waals surface area contributed by atoms with Crippen LogP contribution in [0.5, 0.6) is 0 Å². The van der Waals surface area contributed by atoms with E-state index in [1.54, 1.807) is 24.3 Å². The fraction of sp³-hybridized carbons (Fsp3) is 0.211. The molecule has 0 bridgehead atoms. The van der Waals surface area contributed by atoms with Crippen molar-refractivity contribution in [3.8, 4) is 0 Å². The molecular weight excluding hydrogens is 304 g/mol. The van der Waals surface area contributed by atoms with Gasteiger partial charge in [0.2, 0.25) is 11.8 Å². The molecule has 0 saturated carbocycles. The Morgan fingerprint density at radius 3 is 2.21 bits per heavy atom. The number of Topliss-reactive ketones (excluding diaryl/α,β-unsaturated/α-hetero) is 1. The molecule has 0 radical (unpaired) electrons. The number of amides is 2. The minimum Gasteiger partial charge on any atom is -0.326 e. The van der Waals surface area contributed by atoms with Gasteiger partial charge in [-0.3, -0.25) is 14.4 Å². The summed E-state index contributed by atoms with van der Waals surface area (Å²) in [4.78, 5) is 35.6. The van der Waals surface area contributed by atoms with Gasteiger partial charge in [0, 0.05) is 36.2 Å². The standard InChI is InChI=1S/C19H18N2O3/c1-12(22)20-15-6-8-16(9-7-15)21-19(24)14-10-13-4-2-3-5-17(13)18(23)11-14/h2-9,14H,10-11H2,1H3,(H,20,22)(H,21,24). The lowest BCUT2D eigenvalue weighted by Crippen LogP contribution is -2.30. The second-order valence-electron chi connectivity index (χ2n) is 5.93. The van der Waals surface area contributed by atoms with Crippen LogP contribution >= 0.6 is 0 Å². The molecule has 1 atom stereocenters. The second-order valence-corrected chi connectivity index (χ2v) is 5.93. The Hall–Kier alpha value is -2.95. The Labute approximate surface area is 140 Å². The lowest BCUT2D eigenvalue weighted by atomic mass is 9.82. The molecule has 2 aromatic carbocycles. The molecule has 5 nitrogen and oxygen atoms in total. The van der Waals surface area contributed by atoms with Crippen LogP contribution in [0.2, 0.25) is 0 Å². The SMILES string of the molecule is CC(=O)Nc1ccc(NC(=O)C2CC(=O)c3ccccc3C2)cc1.